The summed E-state index contributed by atoms with van der Waals surface area (Å²) < 4.78 is 13.5. The van der Waals surface area contributed by atoms with Crippen LogP contribution in [0.15, 0.2) is 18.2 Å². The van der Waals surface area contributed by atoms with Crippen molar-refractivity contribution in [2.24, 2.45) is 0 Å². The summed E-state index contributed by atoms with van der Waals surface area (Å²) in [4.78, 5) is 4.02. The number of hydrogen-bond donors (Lipinski definition) is 1. The molecule has 72 valence electrons. The number of aryl methyl sites for hydroxylation is 1. The smallest absolute Gasteiger partial charge is 0.184 e. The first-order chi connectivity index (χ1) is 6.68. The third-order valence-corrected chi connectivity index (χ3v) is 2.08. The fourth-order valence-electron chi connectivity index (χ4n) is 1.14. The van der Waals surface area contributed by atoms with Crippen LogP contribution in [0, 0.1) is 12.7 Å². The zero-order valence-electron chi connectivity index (χ0n) is 7.38. The summed E-state index contributed by atoms with van der Waals surface area (Å²) in [5.74, 6) is 0.468. The summed E-state index contributed by atoms with van der Waals surface area (Å²) in [6, 6.07) is 4.73. The van der Waals surface area contributed by atoms with Crippen molar-refractivity contribution < 1.29 is 4.39 Å². The molecule has 5 heteroatoms. The summed E-state index contributed by atoms with van der Waals surface area (Å²) >= 11 is 5.63. The van der Waals surface area contributed by atoms with Crippen molar-refractivity contribution in [1.29, 1.82) is 0 Å². The first-order valence-electron chi connectivity index (χ1n) is 4.02. The minimum atomic E-state index is -0.492. The number of nitrogens with one attached hydrogen (secondary N) is 1. The molecule has 0 fully saturated rings. The van der Waals surface area contributed by atoms with Gasteiger partial charge < -0.3 is 0 Å². The van der Waals surface area contributed by atoms with Gasteiger partial charge in [-0.25, -0.2) is 9.37 Å². The van der Waals surface area contributed by atoms with Gasteiger partial charge in [0.15, 0.2) is 11.6 Å². The van der Waals surface area contributed by atoms with Gasteiger partial charge in [-0.15, -0.1) is 0 Å². The van der Waals surface area contributed by atoms with Crippen molar-refractivity contribution in [3.63, 3.8) is 0 Å². The van der Waals surface area contributed by atoms with Gasteiger partial charge in [-0.1, -0.05) is 17.7 Å². The summed E-state index contributed by atoms with van der Waals surface area (Å²) in [6.45, 7) is 1.75. The topological polar surface area (TPSA) is 41.6 Å². The number of hydrogen-bond acceptors (Lipinski definition) is 2. The maximum Gasteiger partial charge on any atom is 0.184 e. The Labute approximate surface area is 84.9 Å². The molecule has 0 aliphatic carbocycles. The minimum Gasteiger partial charge on any atom is -0.263 e. The predicted octanol–water partition coefficient (Wildman–Crippen LogP) is 2.57. The second kappa shape index (κ2) is 3.38. The van der Waals surface area contributed by atoms with Gasteiger partial charge in [-0.3, -0.25) is 5.10 Å². The maximum absolute atomic E-state index is 13.5. The first kappa shape index (κ1) is 9.15. The Kier molecular flexibility index (Phi) is 2.21. The lowest BCUT2D eigenvalue weighted by Crippen LogP contribution is -1.87. The Morgan fingerprint density at radius 1 is 1.43 bits per heavy atom. The Balaban J connectivity index is 2.57. The van der Waals surface area contributed by atoms with Gasteiger partial charge in [0.2, 0.25) is 0 Å². The van der Waals surface area contributed by atoms with Gasteiger partial charge in [-0.05, 0) is 19.1 Å². The van der Waals surface area contributed by atoms with Crippen LogP contribution < -0.4 is 0 Å². The molecule has 0 saturated heterocycles. The molecule has 3 nitrogen and oxygen atoms in total. The van der Waals surface area contributed by atoms with Crippen molar-refractivity contribution in [3.8, 4) is 11.4 Å². The predicted molar refractivity (Wildman–Crippen MR) is 51.5 cm³/mol. The molecule has 0 bridgehead atoms. The van der Waals surface area contributed by atoms with Crippen LogP contribution in [0.4, 0.5) is 4.39 Å². The minimum absolute atomic E-state index is 0.0740. The molecule has 0 aliphatic rings. The maximum atomic E-state index is 13.5. The molecule has 0 unspecified atom stereocenters. The summed E-state index contributed by atoms with van der Waals surface area (Å²) in [5, 5.41) is 6.57. The van der Waals surface area contributed by atoms with Crippen LogP contribution in [0.3, 0.4) is 0 Å². The molecule has 1 aromatic carbocycles. The van der Waals surface area contributed by atoms with E-state index in [0.29, 0.717) is 17.2 Å². The van der Waals surface area contributed by atoms with E-state index < -0.39 is 5.82 Å². The Hall–Kier alpha value is -1.42. The van der Waals surface area contributed by atoms with Crippen molar-refractivity contribution in [1.82, 2.24) is 15.2 Å². The van der Waals surface area contributed by atoms with E-state index >= 15 is 0 Å². The number of aromatic nitrogens is 3. The fraction of sp³-hybridized carbons (Fsp3) is 0.111. The average Bonchev–Trinajstić information content (AvgIpc) is 2.57. The van der Waals surface area contributed by atoms with E-state index in [0.717, 1.165) is 0 Å². The van der Waals surface area contributed by atoms with Crippen LogP contribution in [-0.4, -0.2) is 15.2 Å². The van der Waals surface area contributed by atoms with Gasteiger partial charge in [0, 0.05) is 0 Å². The number of rotatable bonds is 1. The van der Waals surface area contributed by atoms with Crippen molar-refractivity contribution in [3.05, 3.63) is 34.9 Å². The summed E-state index contributed by atoms with van der Waals surface area (Å²) in [6.07, 6.45) is 0. The number of nitrogens with zero attached hydrogens (tertiary/aromatic N) is 2. The lowest BCUT2D eigenvalue weighted by molar-refractivity contribution is 0.630. The van der Waals surface area contributed by atoms with E-state index in [2.05, 4.69) is 15.2 Å². The van der Waals surface area contributed by atoms with Gasteiger partial charge in [0.05, 0.1) is 10.6 Å². The molecule has 0 radical (unpaired) electrons. The van der Waals surface area contributed by atoms with Gasteiger partial charge >= 0.3 is 0 Å². The molecule has 1 aromatic heterocycles. The SMILES string of the molecule is Cc1nc(-c2cccc(Cl)c2F)n[nH]1. The number of benzene rings is 1. The summed E-state index contributed by atoms with van der Waals surface area (Å²) in [5.41, 5.74) is 0.307. The molecule has 0 atom stereocenters. The molecule has 2 rings (SSSR count). The molecule has 0 saturated carbocycles. The van der Waals surface area contributed by atoms with Crippen LogP contribution >= 0.6 is 11.6 Å². The van der Waals surface area contributed by atoms with E-state index in [-0.39, 0.29) is 5.02 Å². The van der Waals surface area contributed by atoms with Crippen molar-refractivity contribution >= 4 is 11.6 Å². The van der Waals surface area contributed by atoms with Gasteiger partial charge in [-0.2, -0.15) is 5.10 Å². The van der Waals surface area contributed by atoms with Crippen LogP contribution in [-0.2, 0) is 0 Å². The molecule has 2 aromatic rings. The first-order valence-corrected chi connectivity index (χ1v) is 4.39. The van der Waals surface area contributed by atoms with Crippen LogP contribution in [0.2, 0.25) is 5.02 Å². The molecule has 1 heterocycles. The Bertz CT molecular complexity index is 467. The van der Waals surface area contributed by atoms with E-state index in [4.69, 9.17) is 11.6 Å². The molecule has 0 aliphatic heterocycles. The molecule has 0 spiro atoms. The average molecular weight is 212 g/mol. The molecule has 1 N–H and O–H groups in total. The molecular formula is C9H7ClFN3. The van der Waals surface area contributed by atoms with Crippen LogP contribution in [0.1, 0.15) is 5.82 Å². The fourth-order valence-corrected chi connectivity index (χ4v) is 1.31. The van der Waals surface area contributed by atoms with E-state index in [1.54, 1.807) is 19.1 Å². The van der Waals surface area contributed by atoms with E-state index in [1.807, 2.05) is 0 Å². The number of halogens is 2. The normalized spacial score (nSPS) is 10.5. The monoisotopic (exact) mass is 211 g/mol. The highest BCUT2D eigenvalue weighted by molar-refractivity contribution is 6.31. The highest BCUT2D eigenvalue weighted by Gasteiger charge is 2.11. The van der Waals surface area contributed by atoms with Gasteiger partial charge in [0.25, 0.3) is 0 Å². The molecule has 0 amide bonds. The number of H-pyrrole nitrogens is 1. The zero-order chi connectivity index (χ0) is 10.1. The quantitative estimate of drug-likeness (QED) is 0.788. The highest BCUT2D eigenvalue weighted by Crippen LogP contribution is 2.24. The van der Waals surface area contributed by atoms with Gasteiger partial charge in [0.1, 0.15) is 5.82 Å². The highest BCUT2D eigenvalue weighted by atomic mass is 35.5. The third-order valence-electron chi connectivity index (χ3n) is 1.79. The lowest BCUT2D eigenvalue weighted by atomic mass is 10.2. The third kappa shape index (κ3) is 1.48. The Morgan fingerprint density at radius 3 is 2.86 bits per heavy atom. The van der Waals surface area contributed by atoms with Crippen LogP contribution in [0.25, 0.3) is 11.4 Å². The second-order valence-electron chi connectivity index (χ2n) is 2.85. The second-order valence-corrected chi connectivity index (χ2v) is 3.25. The Morgan fingerprint density at radius 2 is 2.21 bits per heavy atom. The molecular weight excluding hydrogens is 205 g/mol. The van der Waals surface area contributed by atoms with Crippen molar-refractivity contribution in [2.75, 3.05) is 0 Å². The zero-order valence-corrected chi connectivity index (χ0v) is 8.14. The van der Waals surface area contributed by atoms with E-state index in [1.165, 1.54) is 6.07 Å². The lowest BCUT2D eigenvalue weighted by Gasteiger charge is -1.98. The summed E-state index contributed by atoms with van der Waals surface area (Å²) in [7, 11) is 0. The largest absolute Gasteiger partial charge is 0.263 e. The van der Waals surface area contributed by atoms with Crippen LogP contribution in [0.5, 0.6) is 0 Å². The number of aromatic amines is 1. The molecule has 14 heavy (non-hydrogen) atoms. The standard InChI is InChI=1S/C9H7ClFN3/c1-5-12-9(14-13-5)6-3-2-4-7(10)8(6)11/h2-4H,1H3,(H,12,13,14). The van der Waals surface area contributed by atoms with E-state index in [9.17, 15) is 4.39 Å². The van der Waals surface area contributed by atoms with Crippen molar-refractivity contribution in [2.45, 2.75) is 6.92 Å².